The Kier molecular flexibility index (Phi) is 20.4. The number of carboxylic acids is 1. The van der Waals surface area contributed by atoms with Crippen LogP contribution in [0.1, 0.15) is 56.2 Å². The lowest BCUT2D eigenvalue weighted by molar-refractivity contribution is -0.700. The highest BCUT2D eigenvalue weighted by atomic mass is 32.2. The normalized spacial score (nSPS) is 16.1. The third-order valence-corrected chi connectivity index (χ3v) is 18.2. The van der Waals surface area contributed by atoms with Gasteiger partial charge in [-0.15, -0.1) is 23.1 Å². The number of pyridine rings is 1. The Balaban J connectivity index is 0.861. The molecule has 3 N–H and O–H groups in total. The molecular weight excluding hydrogens is 1190 g/mol. The van der Waals surface area contributed by atoms with E-state index >= 15 is 0 Å². The average Bonchev–Trinajstić information content (AvgIpc) is 0.804. The lowest BCUT2D eigenvalue weighted by atomic mass is 9.77. The van der Waals surface area contributed by atoms with Gasteiger partial charge in [-0.25, -0.2) is 9.78 Å². The van der Waals surface area contributed by atoms with Gasteiger partial charge in [-0.1, -0.05) is 163 Å². The van der Waals surface area contributed by atoms with Gasteiger partial charge in [-0.3, -0.25) is 19.3 Å². The predicted octanol–water partition coefficient (Wildman–Crippen LogP) is 9.67. The Bertz CT molecular complexity index is 3670. The number of carboxylic acid groups (broad SMARTS) is 1. The second-order valence-electron chi connectivity index (χ2n) is 20.5. The summed E-state index contributed by atoms with van der Waals surface area (Å²) in [5.74, 6) is -2.33. The fourth-order valence-electron chi connectivity index (χ4n) is 10.6. The SMILES string of the molecule is COCCOCOc1ccc(CON=C(C(=O)NC2C(=O)N3C(C(=O)O)=C(C4Sc5cc[n+]4c(CC(=O)OC(c4ccccc4)c4ccccc4)c5)CS[C@@H]23)c2csc(NC(c3ccccc3)(c3ccccc3)c3ccccc3)n2)cc1OCOCCOC. The van der Waals surface area contributed by atoms with Gasteiger partial charge >= 0.3 is 11.9 Å². The van der Waals surface area contributed by atoms with E-state index in [0.717, 1.165) is 32.7 Å². The highest BCUT2D eigenvalue weighted by molar-refractivity contribution is 8.01. The smallest absolute Gasteiger partial charge is 0.352 e. The lowest BCUT2D eigenvalue weighted by Gasteiger charge is -2.49. The standard InChI is InChI=1S/C67H62N6O13S3/c1-79-32-34-81-42-83-54-29-28-44(36-55(54)84-43-82-35-33-80-2)39-85-71-57(53-41-88-66(68-53)70-67(47-22-12-5-13-23-47,48-24-14-6-15-25-48)49-26-16-7-17-27-49)61(75)69-58-62(76)73-59(65(77)78)52(40-87-64(58)73)63-72-31-30-51(89-63)37-50(72)38-56(74)86-60(45-18-8-3-9-19-45)46-20-10-4-11-21-46/h3-31,36-37,41,58,60,63-64H,32-35,38-40,42-43H2,1-2H3,(H2-,68,69,70,75,77,78)/p+1/t58?,63?,64-/m0/s1. The van der Waals surface area contributed by atoms with Crippen LogP contribution in [0, 0.1) is 0 Å². The van der Waals surface area contributed by atoms with Crippen molar-refractivity contribution in [3.63, 3.8) is 0 Å². The minimum absolute atomic E-state index is 0.0773. The van der Waals surface area contributed by atoms with Crippen molar-refractivity contribution in [2.75, 3.05) is 65.3 Å². The van der Waals surface area contributed by atoms with Crippen molar-refractivity contribution in [3.05, 3.63) is 250 Å². The molecule has 456 valence electrons. The Hall–Kier alpha value is -8.87. The molecule has 2 aromatic heterocycles. The highest BCUT2D eigenvalue weighted by Gasteiger charge is 2.56. The zero-order valence-electron chi connectivity index (χ0n) is 48.5. The van der Waals surface area contributed by atoms with Crippen LogP contribution < -0.4 is 24.7 Å². The van der Waals surface area contributed by atoms with Gasteiger partial charge in [0.2, 0.25) is 5.37 Å². The van der Waals surface area contributed by atoms with Crippen LogP contribution in [-0.2, 0) is 66.3 Å². The summed E-state index contributed by atoms with van der Waals surface area (Å²) in [5.41, 5.74) is 4.79. The number of nitrogens with one attached hydrogen (secondary N) is 2. The molecule has 2 unspecified atom stereocenters. The van der Waals surface area contributed by atoms with E-state index in [0.29, 0.717) is 59.9 Å². The van der Waals surface area contributed by atoms with Crippen LogP contribution in [0.25, 0.3) is 0 Å². The van der Waals surface area contributed by atoms with Crippen molar-refractivity contribution in [3.8, 4) is 11.5 Å². The molecule has 1 fully saturated rings. The number of hydrogen-bond donors (Lipinski definition) is 3. The molecule has 6 heterocycles. The van der Waals surface area contributed by atoms with Crippen LogP contribution >= 0.6 is 34.9 Å². The average molecular weight is 1260 g/mol. The summed E-state index contributed by atoms with van der Waals surface area (Å²) in [7, 11) is 3.15. The van der Waals surface area contributed by atoms with E-state index in [9.17, 15) is 24.3 Å². The molecule has 6 aromatic carbocycles. The molecule has 0 spiro atoms. The van der Waals surface area contributed by atoms with E-state index in [1.165, 1.54) is 39.8 Å². The van der Waals surface area contributed by atoms with Gasteiger partial charge in [0.25, 0.3) is 11.8 Å². The van der Waals surface area contributed by atoms with Crippen molar-refractivity contribution in [2.45, 2.75) is 46.4 Å². The number of anilines is 1. The van der Waals surface area contributed by atoms with E-state index < -0.39 is 52.2 Å². The molecule has 8 aromatic rings. The van der Waals surface area contributed by atoms with Crippen LogP contribution in [0.5, 0.6) is 11.5 Å². The molecule has 3 atom stereocenters. The van der Waals surface area contributed by atoms with Crippen LogP contribution in [0.3, 0.4) is 0 Å². The Morgan fingerprint density at radius 1 is 0.742 bits per heavy atom. The van der Waals surface area contributed by atoms with Crippen LogP contribution in [0.2, 0.25) is 0 Å². The summed E-state index contributed by atoms with van der Waals surface area (Å²) in [6.45, 7) is 1.00. The predicted molar refractivity (Wildman–Crippen MR) is 335 cm³/mol. The first kappa shape index (κ1) is 61.8. The first-order valence-electron chi connectivity index (χ1n) is 28.5. The van der Waals surface area contributed by atoms with Gasteiger partial charge < -0.3 is 53.7 Å². The molecule has 4 aliphatic rings. The molecule has 0 radical (unpaired) electrons. The number of amides is 2. The molecular formula is C67H63N6O13S3+. The van der Waals surface area contributed by atoms with Gasteiger partial charge in [0, 0.05) is 42.4 Å². The van der Waals surface area contributed by atoms with Gasteiger partial charge in [0.1, 0.15) is 41.4 Å². The first-order valence-corrected chi connectivity index (χ1v) is 31.3. The van der Waals surface area contributed by atoms with Gasteiger partial charge in [-0.05, 0) is 57.3 Å². The number of aliphatic carboxylic acids is 1. The summed E-state index contributed by atoms with van der Waals surface area (Å²) in [6, 6.07) is 56.7. The number of esters is 1. The van der Waals surface area contributed by atoms with Crippen molar-refractivity contribution < 1.29 is 66.8 Å². The minimum Gasteiger partial charge on any atom is -0.477 e. The molecule has 19 nitrogen and oxygen atoms in total. The number of aromatic nitrogens is 2. The molecule has 12 rings (SSSR count). The van der Waals surface area contributed by atoms with Gasteiger partial charge in [-0.2, -0.15) is 4.57 Å². The number of benzene rings is 6. The minimum atomic E-state index is -1.31. The third-order valence-electron chi connectivity index (χ3n) is 14.8. The number of nitrogens with zero attached hydrogens (tertiary/aromatic N) is 4. The lowest BCUT2D eigenvalue weighted by Crippen LogP contribution is -2.71. The van der Waals surface area contributed by atoms with Crippen molar-refractivity contribution in [1.82, 2.24) is 15.2 Å². The highest BCUT2D eigenvalue weighted by Crippen LogP contribution is 2.48. The molecule has 0 saturated carbocycles. The third kappa shape index (κ3) is 14.2. The Morgan fingerprint density at radius 3 is 1.90 bits per heavy atom. The maximum Gasteiger partial charge on any atom is 0.352 e. The summed E-state index contributed by atoms with van der Waals surface area (Å²) in [6.07, 6.45) is 1.06. The number of fused-ring (bicyclic) bond motifs is 4. The van der Waals surface area contributed by atoms with E-state index in [1.807, 2.05) is 175 Å². The molecule has 2 bridgehead atoms. The zero-order chi connectivity index (χ0) is 61.5. The molecule has 4 aliphatic heterocycles. The fraction of sp³-hybridized carbons (Fsp3) is 0.239. The molecule has 89 heavy (non-hydrogen) atoms. The molecule has 1 saturated heterocycles. The van der Waals surface area contributed by atoms with E-state index in [-0.39, 0.29) is 49.5 Å². The van der Waals surface area contributed by atoms with Crippen molar-refractivity contribution >= 4 is 69.5 Å². The van der Waals surface area contributed by atoms with Crippen LogP contribution in [0.4, 0.5) is 5.13 Å². The number of ether oxygens (including phenoxy) is 7. The largest absolute Gasteiger partial charge is 0.477 e. The number of β-lactam (4-membered cyclic amide) rings is 1. The maximum absolute atomic E-state index is 15.0. The summed E-state index contributed by atoms with van der Waals surface area (Å²) in [5, 5.41) is 22.8. The first-order chi connectivity index (χ1) is 43.6. The van der Waals surface area contributed by atoms with E-state index in [4.69, 9.17) is 43.0 Å². The number of hydrogen-bond acceptors (Lipinski definition) is 18. The number of carbonyl (C=O) groups excluding carboxylic acids is 3. The number of methoxy groups -OCH3 is 2. The number of rotatable bonds is 30. The molecule has 2 amide bonds. The quantitative estimate of drug-likeness (QED) is 0.00558. The van der Waals surface area contributed by atoms with Crippen LogP contribution in [-0.4, -0.2) is 116 Å². The Morgan fingerprint density at radius 2 is 1.33 bits per heavy atom. The summed E-state index contributed by atoms with van der Waals surface area (Å²) < 4.78 is 41.2. The number of oxime groups is 1. The summed E-state index contributed by atoms with van der Waals surface area (Å²) in [4.78, 5) is 70.0. The maximum atomic E-state index is 15.0. The van der Waals surface area contributed by atoms with Gasteiger partial charge in [0.05, 0.1) is 32.0 Å². The van der Waals surface area contributed by atoms with Crippen molar-refractivity contribution in [2.24, 2.45) is 5.16 Å². The van der Waals surface area contributed by atoms with E-state index in [2.05, 4.69) is 15.8 Å². The molecule has 0 aliphatic carbocycles. The van der Waals surface area contributed by atoms with Crippen LogP contribution in [0.15, 0.2) is 215 Å². The monoisotopic (exact) mass is 1260 g/mol. The Labute approximate surface area is 526 Å². The van der Waals surface area contributed by atoms with E-state index in [1.54, 1.807) is 37.8 Å². The van der Waals surface area contributed by atoms with Gasteiger partial charge in [0.15, 0.2) is 53.9 Å². The number of carbonyl (C=O) groups is 4. The van der Waals surface area contributed by atoms with Crippen molar-refractivity contribution in [1.29, 1.82) is 0 Å². The second-order valence-corrected chi connectivity index (χ2v) is 23.6. The second kappa shape index (κ2) is 29.4. The number of thioether (sulfide) groups is 2. The zero-order valence-corrected chi connectivity index (χ0v) is 51.0. The molecule has 22 heteroatoms. The summed E-state index contributed by atoms with van der Waals surface area (Å²) >= 11 is 3.99. The fourth-order valence-corrected chi connectivity index (χ4v) is 14.1. The topological polar surface area (TPSA) is 219 Å². The number of thiazole rings is 1.